The van der Waals surface area contributed by atoms with Gasteiger partial charge in [0.25, 0.3) is 11.8 Å². The van der Waals surface area contributed by atoms with E-state index in [0.29, 0.717) is 19.3 Å². The molecule has 0 radical (unpaired) electrons. The number of ketones is 1. The standard InChI is InChI=1S/C36H51N7O6/c1-4-9-24(29(44)34(48)39-22-14-15-22)40-32(46)26-18-21-12-8-13-23-28(21)43(26)35(49)30(36(23,2)3)42-33(47)27(20-10-6-5-7-11-20)41-31(45)25-19-37-16-17-38-25/h16-17,19-24,26-28,30H,4-15,18H2,1-3H3,(H,39,48)(H,40,46)(H,41,45)(H,42,47)/t21-,23?,24?,26-,27?,28?,30+/m0/s1. The average molecular weight is 678 g/mol. The number of Topliss-reactive ketones (excluding diaryl/α,β-unsaturated/α-hetero) is 1. The third-order valence-electron chi connectivity index (χ3n) is 11.8. The molecule has 5 aliphatic rings. The fourth-order valence-corrected chi connectivity index (χ4v) is 9.03. The van der Waals surface area contributed by atoms with E-state index in [9.17, 15) is 28.8 Å². The Morgan fingerprint density at radius 3 is 2.37 bits per heavy atom. The predicted octanol–water partition coefficient (Wildman–Crippen LogP) is 2.20. The number of nitrogens with one attached hydrogen (secondary N) is 4. The highest BCUT2D eigenvalue weighted by Crippen LogP contribution is 2.54. The zero-order valence-electron chi connectivity index (χ0n) is 28.9. The Kier molecular flexibility index (Phi) is 10.4. The molecule has 266 valence electrons. The maximum Gasteiger partial charge on any atom is 0.289 e. The molecule has 7 atom stereocenters. The first kappa shape index (κ1) is 34.9. The van der Waals surface area contributed by atoms with Crippen molar-refractivity contribution in [3.63, 3.8) is 0 Å². The van der Waals surface area contributed by atoms with Crippen LogP contribution in [0.15, 0.2) is 18.6 Å². The summed E-state index contributed by atoms with van der Waals surface area (Å²) in [4.78, 5) is 91.6. The molecule has 4 unspecified atom stereocenters. The van der Waals surface area contributed by atoms with Crippen molar-refractivity contribution in [2.45, 2.75) is 140 Å². The van der Waals surface area contributed by atoms with Crippen molar-refractivity contribution >= 4 is 35.3 Å². The Hall–Kier alpha value is -3.90. The van der Waals surface area contributed by atoms with E-state index in [0.717, 1.165) is 64.2 Å². The van der Waals surface area contributed by atoms with Gasteiger partial charge < -0.3 is 26.2 Å². The maximum absolute atomic E-state index is 14.6. The number of piperidine rings is 1. The van der Waals surface area contributed by atoms with Crippen LogP contribution in [0.5, 0.6) is 0 Å². The Balaban J connectivity index is 1.23. The summed E-state index contributed by atoms with van der Waals surface area (Å²) in [6.07, 6.45) is 14.5. The van der Waals surface area contributed by atoms with Gasteiger partial charge in [-0.2, -0.15) is 0 Å². The second kappa shape index (κ2) is 14.5. The monoisotopic (exact) mass is 677 g/mol. The summed E-state index contributed by atoms with van der Waals surface area (Å²) < 4.78 is 0. The van der Waals surface area contributed by atoms with Crippen molar-refractivity contribution in [3.8, 4) is 0 Å². The van der Waals surface area contributed by atoms with Gasteiger partial charge in [-0.3, -0.25) is 33.8 Å². The van der Waals surface area contributed by atoms with Crippen molar-refractivity contribution in [1.82, 2.24) is 36.1 Å². The summed E-state index contributed by atoms with van der Waals surface area (Å²) in [7, 11) is 0. The highest BCUT2D eigenvalue weighted by molar-refractivity contribution is 6.38. The van der Waals surface area contributed by atoms with Crippen LogP contribution in [0.25, 0.3) is 0 Å². The number of amides is 5. The molecule has 5 fully saturated rings. The lowest BCUT2D eigenvalue weighted by Crippen LogP contribution is -2.70. The highest BCUT2D eigenvalue weighted by atomic mass is 16.2. The number of hydrogen-bond acceptors (Lipinski definition) is 8. The summed E-state index contributed by atoms with van der Waals surface area (Å²) >= 11 is 0. The second-order valence-electron chi connectivity index (χ2n) is 15.4. The molecule has 0 spiro atoms. The minimum Gasteiger partial charge on any atom is -0.347 e. The average Bonchev–Trinajstić information content (AvgIpc) is 3.83. The van der Waals surface area contributed by atoms with E-state index in [4.69, 9.17) is 0 Å². The molecule has 1 aromatic heterocycles. The number of aromatic nitrogens is 2. The minimum atomic E-state index is -0.976. The fourth-order valence-electron chi connectivity index (χ4n) is 9.03. The van der Waals surface area contributed by atoms with Crippen LogP contribution in [-0.4, -0.2) is 86.4 Å². The second-order valence-corrected chi connectivity index (χ2v) is 15.4. The Morgan fingerprint density at radius 1 is 0.939 bits per heavy atom. The molecule has 13 nitrogen and oxygen atoms in total. The lowest BCUT2D eigenvalue weighted by molar-refractivity contribution is -0.160. The van der Waals surface area contributed by atoms with Gasteiger partial charge in [-0.25, -0.2) is 4.98 Å². The molecule has 2 aliphatic heterocycles. The van der Waals surface area contributed by atoms with Crippen LogP contribution in [0.2, 0.25) is 0 Å². The smallest absolute Gasteiger partial charge is 0.289 e. The Labute approximate surface area is 287 Å². The van der Waals surface area contributed by atoms with E-state index in [-0.39, 0.29) is 41.4 Å². The van der Waals surface area contributed by atoms with Gasteiger partial charge in [0.1, 0.15) is 23.8 Å². The van der Waals surface area contributed by atoms with Crippen LogP contribution < -0.4 is 21.3 Å². The summed E-state index contributed by atoms with van der Waals surface area (Å²) in [5.41, 5.74) is -0.511. The number of carbonyl (C=O) groups excluding carboxylic acids is 6. The molecule has 3 saturated carbocycles. The molecule has 1 aromatic rings. The Bertz CT molecular complexity index is 1440. The van der Waals surface area contributed by atoms with E-state index in [2.05, 4.69) is 31.2 Å². The SMILES string of the molecule is CCCC(NC(=O)[C@@H]1C[C@@H]2CCCC3C2N1C(=O)[C@@H](NC(=O)C(NC(=O)c1cnccn1)C1CCCCC1)C3(C)C)C(=O)C(=O)NC1CC1. The molecule has 0 aromatic carbocycles. The van der Waals surface area contributed by atoms with Gasteiger partial charge in [-0.15, -0.1) is 0 Å². The first-order chi connectivity index (χ1) is 23.5. The van der Waals surface area contributed by atoms with E-state index in [1.54, 1.807) is 4.90 Å². The van der Waals surface area contributed by atoms with E-state index in [1.165, 1.54) is 18.6 Å². The Morgan fingerprint density at radius 2 is 1.69 bits per heavy atom. The van der Waals surface area contributed by atoms with Gasteiger partial charge in [0.15, 0.2) is 0 Å². The zero-order chi connectivity index (χ0) is 34.9. The van der Waals surface area contributed by atoms with Gasteiger partial charge in [-0.1, -0.05) is 52.9 Å². The van der Waals surface area contributed by atoms with Crippen LogP contribution in [0.4, 0.5) is 0 Å². The molecule has 6 rings (SSSR count). The van der Waals surface area contributed by atoms with Gasteiger partial charge in [0.2, 0.25) is 23.5 Å². The number of hydrogen-bond donors (Lipinski definition) is 4. The van der Waals surface area contributed by atoms with Crippen molar-refractivity contribution in [3.05, 3.63) is 24.3 Å². The fraction of sp³-hybridized carbons (Fsp3) is 0.722. The summed E-state index contributed by atoms with van der Waals surface area (Å²) in [6.45, 7) is 5.94. The van der Waals surface area contributed by atoms with Crippen molar-refractivity contribution in [1.29, 1.82) is 0 Å². The third kappa shape index (κ3) is 7.21. The topological polar surface area (TPSA) is 180 Å². The van der Waals surface area contributed by atoms with E-state index in [1.807, 2.05) is 20.8 Å². The normalized spacial score (nSPS) is 28.8. The highest BCUT2D eigenvalue weighted by Gasteiger charge is 2.62. The first-order valence-corrected chi connectivity index (χ1v) is 18.4. The molecule has 4 N–H and O–H groups in total. The largest absolute Gasteiger partial charge is 0.347 e. The van der Waals surface area contributed by atoms with Crippen LogP contribution in [-0.2, 0) is 24.0 Å². The van der Waals surface area contributed by atoms with Crippen molar-refractivity contribution in [2.24, 2.45) is 23.2 Å². The molecule has 5 amide bonds. The van der Waals surface area contributed by atoms with Crippen LogP contribution in [0.3, 0.4) is 0 Å². The first-order valence-electron chi connectivity index (χ1n) is 18.4. The molecule has 3 aliphatic carbocycles. The lowest BCUT2D eigenvalue weighted by atomic mass is 9.60. The third-order valence-corrected chi connectivity index (χ3v) is 11.8. The van der Waals surface area contributed by atoms with E-state index < -0.39 is 59.0 Å². The van der Waals surface area contributed by atoms with E-state index >= 15 is 0 Å². The molecular formula is C36H51N7O6. The quantitative estimate of drug-likeness (QED) is 0.243. The molecule has 2 saturated heterocycles. The van der Waals surface area contributed by atoms with Gasteiger partial charge in [0.05, 0.1) is 12.2 Å². The predicted molar refractivity (Wildman–Crippen MR) is 178 cm³/mol. The van der Waals surface area contributed by atoms with Crippen LogP contribution in [0, 0.1) is 23.2 Å². The van der Waals surface area contributed by atoms with Gasteiger partial charge >= 0.3 is 0 Å². The molecule has 0 bridgehead atoms. The van der Waals surface area contributed by atoms with Crippen molar-refractivity contribution < 1.29 is 28.8 Å². The molecule has 49 heavy (non-hydrogen) atoms. The summed E-state index contributed by atoms with van der Waals surface area (Å²) in [5, 5.41) is 11.6. The van der Waals surface area contributed by atoms with Gasteiger partial charge in [-0.05, 0) is 74.5 Å². The summed E-state index contributed by atoms with van der Waals surface area (Å²) in [5.74, 6) is -2.97. The molecule has 3 heterocycles. The van der Waals surface area contributed by atoms with Crippen LogP contribution in [0.1, 0.15) is 115 Å². The van der Waals surface area contributed by atoms with Crippen LogP contribution >= 0.6 is 0 Å². The number of rotatable bonds is 12. The minimum absolute atomic E-state index is 0.0174. The summed E-state index contributed by atoms with van der Waals surface area (Å²) in [6, 6.07) is -3.73. The zero-order valence-corrected chi connectivity index (χ0v) is 28.9. The maximum atomic E-state index is 14.6. The number of nitrogens with zero attached hydrogens (tertiary/aromatic N) is 3. The van der Waals surface area contributed by atoms with Crippen molar-refractivity contribution in [2.75, 3.05) is 0 Å². The molecular weight excluding hydrogens is 626 g/mol. The lowest BCUT2D eigenvalue weighted by Gasteiger charge is -2.55. The van der Waals surface area contributed by atoms with Gasteiger partial charge in [0, 0.05) is 24.5 Å². The number of carbonyl (C=O) groups is 6. The molecule has 13 heteroatoms.